The zero-order valence-electron chi connectivity index (χ0n) is 13.0. The van der Waals surface area contributed by atoms with Crippen molar-refractivity contribution < 1.29 is 14.4 Å². The van der Waals surface area contributed by atoms with E-state index in [2.05, 4.69) is 26.8 Å². The average Bonchev–Trinajstić information content (AvgIpc) is 2.59. The predicted octanol–water partition coefficient (Wildman–Crippen LogP) is 2.00. The largest absolute Gasteiger partial charge is 0.331 e. The van der Waals surface area contributed by atoms with Gasteiger partial charge in [-0.1, -0.05) is 19.1 Å². The minimum absolute atomic E-state index is 0.0398. The number of piperidine rings is 1. The van der Waals surface area contributed by atoms with Crippen molar-refractivity contribution in [3.63, 3.8) is 0 Å². The van der Waals surface area contributed by atoms with Crippen molar-refractivity contribution >= 4 is 33.7 Å². The molecule has 7 heteroatoms. The number of carbonyl (C=O) groups is 3. The quantitative estimate of drug-likeness (QED) is 0.785. The molecule has 1 saturated heterocycles. The fourth-order valence-electron chi connectivity index (χ4n) is 2.62. The number of hydrazine groups is 1. The van der Waals surface area contributed by atoms with Crippen molar-refractivity contribution in [3.8, 4) is 0 Å². The SMILES string of the molecule is CCC(=O)N1CCCCC1C(=O)NNC(=O)c1ccccc1Br. The van der Waals surface area contributed by atoms with E-state index < -0.39 is 11.9 Å². The number of hydrogen-bond acceptors (Lipinski definition) is 3. The molecule has 1 unspecified atom stereocenters. The van der Waals surface area contributed by atoms with Crippen molar-refractivity contribution in [2.45, 2.75) is 38.6 Å². The van der Waals surface area contributed by atoms with Crippen LogP contribution in [0.5, 0.6) is 0 Å². The molecule has 23 heavy (non-hydrogen) atoms. The Morgan fingerprint density at radius 3 is 2.65 bits per heavy atom. The number of nitrogens with zero attached hydrogens (tertiary/aromatic N) is 1. The van der Waals surface area contributed by atoms with E-state index in [-0.39, 0.29) is 11.8 Å². The summed E-state index contributed by atoms with van der Waals surface area (Å²) in [6.07, 6.45) is 2.78. The molecule has 1 aromatic rings. The lowest BCUT2D eigenvalue weighted by Crippen LogP contribution is -2.55. The molecule has 0 aliphatic carbocycles. The first-order valence-corrected chi connectivity index (χ1v) is 8.48. The van der Waals surface area contributed by atoms with Gasteiger partial charge < -0.3 is 4.90 Å². The van der Waals surface area contributed by atoms with Crippen LogP contribution in [0, 0.1) is 0 Å². The normalized spacial score (nSPS) is 17.5. The van der Waals surface area contributed by atoms with E-state index in [0.29, 0.717) is 29.4 Å². The third kappa shape index (κ3) is 4.31. The molecule has 1 fully saturated rings. The van der Waals surface area contributed by atoms with E-state index in [0.717, 1.165) is 12.8 Å². The van der Waals surface area contributed by atoms with Gasteiger partial charge in [-0.25, -0.2) is 0 Å². The summed E-state index contributed by atoms with van der Waals surface area (Å²) in [4.78, 5) is 37.9. The Labute approximate surface area is 143 Å². The van der Waals surface area contributed by atoms with Crippen molar-refractivity contribution in [2.24, 2.45) is 0 Å². The van der Waals surface area contributed by atoms with E-state index >= 15 is 0 Å². The smallest absolute Gasteiger partial charge is 0.270 e. The molecule has 0 bridgehead atoms. The number of amides is 3. The highest BCUT2D eigenvalue weighted by molar-refractivity contribution is 9.10. The number of likely N-dealkylation sites (tertiary alicyclic amines) is 1. The molecule has 2 N–H and O–H groups in total. The molecule has 1 aromatic carbocycles. The molecular weight excluding hydrogens is 362 g/mol. The number of halogens is 1. The first kappa shape index (κ1) is 17.5. The van der Waals surface area contributed by atoms with Gasteiger partial charge in [0.1, 0.15) is 6.04 Å². The second-order valence-corrected chi connectivity index (χ2v) is 6.23. The van der Waals surface area contributed by atoms with Crippen LogP contribution in [0.25, 0.3) is 0 Å². The second kappa shape index (κ2) is 8.10. The Morgan fingerprint density at radius 1 is 1.22 bits per heavy atom. The van der Waals surface area contributed by atoms with Crippen molar-refractivity contribution in [3.05, 3.63) is 34.3 Å². The number of rotatable bonds is 3. The van der Waals surface area contributed by atoms with Crippen molar-refractivity contribution in [1.29, 1.82) is 0 Å². The summed E-state index contributed by atoms with van der Waals surface area (Å²) < 4.78 is 0.646. The van der Waals surface area contributed by atoms with E-state index in [1.54, 1.807) is 36.1 Å². The van der Waals surface area contributed by atoms with Gasteiger partial charge in [0, 0.05) is 17.4 Å². The minimum Gasteiger partial charge on any atom is -0.331 e. The highest BCUT2D eigenvalue weighted by atomic mass is 79.9. The monoisotopic (exact) mass is 381 g/mol. The van der Waals surface area contributed by atoms with Crippen LogP contribution in [0.2, 0.25) is 0 Å². The molecule has 6 nitrogen and oxygen atoms in total. The summed E-state index contributed by atoms with van der Waals surface area (Å²) in [5, 5.41) is 0. The van der Waals surface area contributed by atoms with Crippen molar-refractivity contribution in [1.82, 2.24) is 15.8 Å². The third-order valence-corrected chi connectivity index (χ3v) is 4.54. The summed E-state index contributed by atoms with van der Waals surface area (Å²) in [5.74, 6) is -0.802. The van der Waals surface area contributed by atoms with E-state index in [4.69, 9.17) is 0 Å². The molecule has 0 aromatic heterocycles. The van der Waals surface area contributed by atoms with Crippen LogP contribution in [0.1, 0.15) is 43.0 Å². The molecule has 1 aliphatic heterocycles. The van der Waals surface area contributed by atoms with Crippen molar-refractivity contribution in [2.75, 3.05) is 6.54 Å². The third-order valence-electron chi connectivity index (χ3n) is 3.85. The van der Waals surface area contributed by atoms with E-state index in [9.17, 15) is 14.4 Å². The summed E-state index contributed by atoms with van der Waals surface area (Å²) in [5.41, 5.74) is 5.27. The second-order valence-electron chi connectivity index (χ2n) is 5.38. The summed E-state index contributed by atoms with van der Waals surface area (Å²) >= 11 is 3.29. The Bertz CT molecular complexity index is 606. The predicted molar refractivity (Wildman–Crippen MR) is 89.4 cm³/mol. The Morgan fingerprint density at radius 2 is 1.96 bits per heavy atom. The molecular formula is C16H20BrN3O3. The zero-order chi connectivity index (χ0) is 16.8. The van der Waals surface area contributed by atoms with Crippen LogP contribution in [-0.4, -0.2) is 35.2 Å². The molecule has 0 spiro atoms. The number of benzene rings is 1. The fraction of sp³-hybridized carbons (Fsp3) is 0.438. The lowest BCUT2D eigenvalue weighted by molar-refractivity contribution is -0.142. The highest BCUT2D eigenvalue weighted by Gasteiger charge is 2.31. The molecule has 124 valence electrons. The summed E-state index contributed by atoms with van der Waals surface area (Å²) in [7, 11) is 0. The van der Waals surface area contributed by atoms with E-state index in [1.807, 2.05) is 0 Å². The van der Waals surface area contributed by atoms with Gasteiger partial charge in [-0.3, -0.25) is 25.2 Å². The van der Waals surface area contributed by atoms with Crippen LogP contribution in [0.3, 0.4) is 0 Å². The van der Waals surface area contributed by atoms with Gasteiger partial charge in [0.15, 0.2) is 0 Å². The molecule has 2 rings (SSSR count). The van der Waals surface area contributed by atoms with Crippen LogP contribution >= 0.6 is 15.9 Å². The van der Waals surface area contributed by atoms with Gasteiger partial charge >= 0.3 is 0 Å². The molecule has 0 saturated carbocycles. The lowest BCUT2D eigenvalue weighted by Gasteiger charge is -2.34. The van der Waals surface area contributed by atoms with Gasteiger partial charge in [0.25, 0.3) is 11.8 Å². The molecule has 1 atom stereocenters. The standard InChI is InChI=1S/C16H20BrN3O3/c1-2-14(21)20-10-6-5-9-13(20)16(23)19-18-15(22)11-7-3-4-8-12(11)17/h3-4,7-8,13H,2,5-6,9-10H2,1H3,(H,18,22)(H,19,23). The maximum Gasteiger partial charge on any atom is 0.270 e. The molecule has 3 amide bonds. The Kier molecular flexibility index (Phi) is 6.15. The number of carbonyl (C=O) groups excluding carboxylic acids is 3. The van der Waals surface area contributed by atoms with E-state index in [1.165, 1.54) is 0 Å². The Balaban J connectivity index is 1.97. The molecule has 0 radical (unpaired) electrons. The number of nitrogens with one attached hydrogen (secondary N) is 2. The maximum atomic E-state index is 12.3. The highest BCUT2D eigenvalue weighted by Crippen LogP contribution is 2.18. The topological polar surface area (TPSA) is 78.5 Å². The maximum absolute atomic E-state index is 12.3. The van der Waals surface area contributed by atoms with Gasteiger partial charge in [-0.05, 0) is 47.3 Å². The minimum atomic E-state index is -0.518. The van der Waals surface area contributed by atoms with Crippen LogP contribution < -0.4 is 10.9 Å². The zero-order valence-corrected chi connectivity index (χ0v) is 14.6. The molecule has 1 aliphatic rings. The Hall–Kier alpha value is -1.89. The lowest BCUT2D eigenvalue weighted by atomic mass is 10.0. The van der Waals surface area contributed by atoms with Gasteiger partial charge in [0.05, 0.1) is 5.56 Å². The van der Waals surface area contributed by atoms with Gasteiger partial charge in [-0.15, -0.1) is 0 Å². The van der Waals surface area contributed by atoms with Crippen LogP contribution in [0.4, 0.5) is 0 Å². The van der Waals surface area contributed by atoms with Crippen LogP contribution in [0.15, 0.2) is 28.7 Å². The fourth-order valence-corrected chi connectivity index (χ4v) is 3.08. The summed E-state index contributed by atoms with van der Waals surface area (Å²) in [6, 6.07) is 6.43. The average molecular weight is 382 g/mol. The van der Waals surface area contributed by atoms with Gasteiger partial charge in [0.2, 0.25) is 5.91 Å². The molecule has 1 heterocycles. The first-order chi connectivity index (χ1) is 11.0. The summed E-state index contributed by atoms with van der Waals surface area (Å²) in [6.45, 7) is 2.36. The van der Waals surface area contributed by atoms with Gasteiger partial charge in [-0.2, -0.15) is 0 Å². The van der Waals surface area contributed by atoms with Crippen LogP contribution in [-0.2, 0) is 9.59 Å². The first-order valence-electron chi connectivity index (χ1n) is 7.68. The number of hydrogen-bond donors (Lipinski definition) is 2.